The second kappa shape index (κ2) is 15.6. The Balaban J connectivity index is 1.62. The van der Waals surface area contributed by atoms with E-state index < -0.39 is 150 Å². The SMILES string of the molecule is N#C/N=C1/c2nc(-c3ccc(F)c(C(F)(F)F)c3)c(-c3ccc(F)c(C(F)F)c3)nc2/C(=N\C#N)c2nc(-c3ccc(F)c(C(F)(F)F)c3)c(-c3ccc(F)c(C(F)(F)F)c3)nc21. The van der Waals surface area contributed by atoms with E-state index in [2.05, 4.69) is 29.9 Å². The molecular weight excluding hydrogens is 877 g/mol. The Morgan fingerprint density at radius 2 is 0.683 bits per heavy atom. The van der Waals surface area contributed by atoms with E-state index >= 15 is 0 Å². The van der Waals surface area contributed by atoms with Crippen LogP contribution in [-0.4, -0.2) is 31.4 Å². The molecule has 0 saturated heterocycles. The first-order chi connectivity index (χ1) is 29.5. The lowest BCUT2D eigenvalue weighted by molar-refractivity contribution is -0.140. The third kappa shape index (κ3) is 8.00. The zero-order valence-corrected chi connectivity index (χ0v) is 30.3. The molecule has 1 aliphatic rings. The monoisotopic (exact) mass is 890 g/mol. The van der Waals surface area contributed by atoms with Crippen molar-refractivity contribution in [3.63, 3.8) is 0 Å². The van der Waals surface area contributed by atoms with Gasteiger partial charge >= 0.3 is 18.5 Å². The van der Waals surface area contributed by atoms with Crippen molar-refractivity contribution in [2.45, 2.75) is 25.0 Å². The summed E-state index contributed by atoms with van der Waals surface area (Å²) < 4.78 is 212. The van der Waals surface area contributed by atoms with Crippen molar-refractivity contribution < 1.29 is 65.9 Å². The van der Waals surface area contributed by atoms with Gasteiger partial charge in [0.25, 0.3) is 6.43 Å². The average molecular weight is 891 g/mol. The fraction of sp³-hybridized carbons (Fsp3) is 0.100. The normalized spacial score (nSPS) is 14.1. The van der Waals surface area contributed by atoms with Crippen LogP contribution in [0.5, 0.6) is 0 Å². The molecule has 63 heavy (non-hydrogen) atoms. The van der Waals surface area contributed by atoms with Crippen LogP contribution in [0.4, 0.5) is 65.9 Å². The van der Waals surface area contributed by atoms with Crippen molar-refractivity contribution >= 4 is 11.4 Å². The van der Waals surface area contributed by atoms with Crippen molar-refractivity contribution in [1.82, 2.24) is 19.9 Å². The fourth-order valence-electron chi connectivity index (χ4n) is 6.40. The van der Waals surface area contributed by atoms with Crippen molar-refractivity contribution in [1.29, 1.82) is 10.5 Å². The maximum Gasteiger partial charge on any atom is 0.419 e. The molecule has 6 aromatic rings. The van der Waals surface area contributed by atoms with Gasteiger partial charge in [0.1, 0.15) is 57.5 Å². The zero-order chi connectivity index (χ0) is 45.9. The first-order valence-electron chi connectivity index (χ1n) is 17.0. The predicted molar refractivity (Wildman–Crippen MR) is 188 cm³/mol. The van der Waals surface area contributed by atoms with Gasteiger partial charge in [-0.15, -0.1) is 0 Å². The van der Waals surface area contributed by atoms with Gasteiger partial charge in [-0.1, -0.05) is 0 Å². The summed E-state index contributed by atoms with van der Waals surface area (Å²) in [6.07, 6.45) is -16.8. The van der Waals surface area contributed by atoms with Crippen LogP contribution < -0.4 is 0 Å². The highest BCUT2D eigenvalue weighted by Gasteiger charge is 2.40. The van der Waals surface area contributed by atoms with Crippen LogP contribution in [0.3, 0.4) is 0 Å². The van der Waals surface area contributed by atoms with Crippen molar-refractivity contribution in [3.05, 3.63) is 141 Å². The van der Waals surface area contributed by atoms with Gasteiger partial charge in [-0.25, -0.2) is 46.3 Å². The summed E-state index contributed by atoms with van der Waals surface area (Å²) in [4.78, 5) is 24.4. The van der Waals surface area contributed by atoms with Crippen LogP contribution in [0, 0.1) is 46.2 Å². The second-order valence-corrected chi connectivity index (χ2v) is 13.0. The molecule has 0 radical (unpaired) electrons. The summed E-state index contributed by atoms with van der Waals surface area (Å²) in [6.45, 7) is 0. The van der Waals surface area contributed by atoms with Crippen LogP contribution >= 0.6 is 0 Å². The quantitative estimate of drug-likeness (QED) is 0.125. The smallest absolute Gasteiger partial charge is 0.241 e. The highest BCUT2D eigenvalue weighted by atomic mass is 19.4. The largest absolute Gasteiger partial charge is 0.419 e. The third-order valence-corrected chi connectivity index (χ3v) is 9.15. The van der Waals surface area contributed by atoms with Crippen LogP contribution in [0.2, 0.25) is 0 Å². The molecule has 23 heteroatoms. The molecule has 318 valence electrons. The van der Waals surface area contributed by atoms with E-state index in [0.29, 0.717) is 42.5 Å². The number of hydrogen-bond acceptors (Lipinski definition) is 8. The number of alkyl halides is 11. The van der Waals surface area contributed by atoms with E-state index in [9.17, 15) is 76.4 Å². The number of rotatable bonds is 5. The Morgan fingerprint density at radius 1 is 0.413 bits per heavy atom. The molecule has 1 aliphatic carbocycles. The van der Waals surface area contributed by atoms with Gasteiger partial charge in [-0.3, -0.25) is 0 Å². The lowest BCUT2D eigenvalue weighted by Crippen LogP contribution is -2.29. The van der Waals surface area contributed by atoms with E-state index in [-0.39, 0.29) is 18.2 Å². The van der Waals surface area contributed by atoms with E-state index in [1.54, 1.807) is 0 Å². The highest BCUT2D eigenvalue weighted by molar-refractivity contribution is 6.29. The van der Waals surface area contributed by atoms with Gasteiger partial charge in [-0.05, 0) is 72.8 Å². The number of aliphatic imine (C=N–C) groups is 2. The molecule has 0 saturated carbocycles. The highest BCUT2D eigenvalue weighted by Crippen LogP contribution is 2.43. The lowest BCUT2D eigenvalue weighted by Gasteiger charge is -2.24. The number of nitriles is 2. The van der Waals surface area contributed by atoms with E-state index in [4.69, 9.17) is 0 Å². The lowest BCUT2D eigenvalue weighted by atomic mass is 9.92. The molecule has 7 rings (SSSR count). The number of nitrogens with zero attached hydrogens (tertiary/aromatic N) is 8. The third-order valence-electron chi connectivity index (χ3n) is 9.15. The van der Waals surface area contributed by atoms with Gasteiger partial charge in [0.15, 0.2) is 0 Å². The van der Waals surface area contributed by atoms with Gasteiger partial charge in [0.05, 0.1) is 45.0 Å². The first-order valence-corrected chi connectivity index (χ1v) is 17.0. The summed E-state index contributed by atoms with van der Waals surface area (Å²) in [7, 11) is 0. The first kappa shape index (κ1) is 43.4. The molecule has 0 bridgehead atoms. The molecule has 0 atom stereocenters. The number of halogens is 15. The number of hydrogen-bond donors (Lipinski definition) is 0. The molecule has 0 fully saturated rings. The Hall–Kier alpha value is -7.69. The van der Waals surface area contributed by atoms with Crippen molar-refractivity contribution in [2.24, 2.45) is 9.98 Å². The summed E-state index contributed by atoms with van der Waals surface area (Å²) in [6, 6.07) is 5.70. The van der Waals surface area contributed by atoms with Gasteiger partial charge in [0.2, 0.25) is 12.4 Å². The Morgan fingerprint density at radius 3 is 0.937 bits per heavy atom. The molecule has 0 amide bonds. The minimum atomic E-state index is -5.38. The summed E-state index contributed by atoms with van der Waals surface area (Å²) in [5.41, 5.74) is -16.9. The van der Waals surface area contributed by atoms with E-state index in [0.717, 1.165) is 12.1 Å². The topological polar surface area (TPSA) is 124 Å². The van der Waals surface area contributed by atoms with Gasteiger partial charge < -0.3 is 0 Å². The molecule has 2 aromatic heterocycles. The maximum absolute atomic E-state index is 14.5. The van der Waals surface area contributed by atoms with Crippen LogP contribution in [0.1, 0.15) is 51.5 Å². The molecular formula is C40H13F15N8. The van der Waals surface area contributed by atoms with Crippen LogP contribution in [-0.2, 0) is 18.5 Å². The number of benzene rings is 4. The Kier molecular flexibility index (Phi) is 10.8. The maximum atomic E-state index is 14.5. The van der Waals surface area contributed by atoms with Crippen LogP contribution in [0.25, 0.3) is 45.0 Å². The van der Waals surface area contributed by atoms with Crippen molar-refractivity contribution in [3.8, 4) is 57.4 Å². The average Bonchev–Trinajstić information content (AvgIpc) is 3.20. The van der Waals surface area contributed by atoms with E-state index in [1.807, 2.05) is 0 Å². The van der Waals surface area contributed by atoms with E-state index in [1.165, 1.54) is 12.4 Å². The van der Waals surface area contributed by atoms with Crippen molar-refractivity contribution in [2.75, 3.05) is 0 Å². The molecule has 0 unspecified atom stereocenters. The number of fused-ring (bicyclic) bond motifs is 2. The second-order valence-electron chi connectivity index (χ2n) is 13.0. The summed E-state index contributed by atoms with van der Waals surface area (Å²) in [5, 5.41) is 19.7. The fourth-order valence-corrected chi connectivity index (χ4v) is 6.40. The molecule has 8 nitrogen and oxygen atoms in total. The number of aromatic nitrogens is 4. The Bertz CT molecular complexity index is 3030. The Labute approximate surface area is 341 Å². The summed E-state index contributed by atoms with van der Waals surface area (Å²) >= 11 is 0. The molecule has 4 aromatic carbocycles. The standard InChI is InChI=1S/C40H13F15N8/c41-23-5-1-15(9-19(23)37(45)46)27-28(16-2-6-24(42)20(10-16)38(47,48)49)61-34-32(59-14-57)36-35(31(58-13-56)33(34)60-27)62-29(17-3-7-25(43)21(11-17)39(50,51)52)30(63-36)18-4-8-26(44)22(12-18)40(53,54)55/h1-12,37H/b58-31+,59-32-. The summed E-state index contributed by atoms with van der Waals surface area (Å²) in [5.74, 6) is -6.83. The molecule has 0 aliphatic heterocycles. The minimum absolute atomic E-state index is 0.193. The molecule has 0 spiro atoms. The van der Waals surface area contributed by atoms with Crippen LogP contribution in [0.15, 0.2) is 82.8 Å². The zero-order valence-electron chi connectivity index (χ0n) is 30.3. The predicted octanol–water partition coefficient (Wildman–Crippen LogP) is 11.4. The molecule has 0 N–H and O–H groups in total. The molecule has 2 heterocycles. The minimum Gasteiger partial charge on any atom is -0.241 e. The van der Waals surface area contributed by atoms with Gasteiger partial charge in [0, 0.05) is 22.3 Å². The van der Waals surface area contributed by atoms with Gasteiger partial charge in [-0.2, -0.15) is 60.0 Å².